The summed E-state index contributed by atoms with van der Waals surface area (Å²) in [6, 6.07) is 0. The van der Waals surface area contributed by atoms with Crippen molar-refractivity contribution in [3.8, 4) is 0 Å². The summed E-state index contributed by atoms with van der Waals surface area (Å²) in [7, 11) is 1.00. The lowest BCUT2D eigenvalue weighted by atomic mass is 9.96. The molecule has 0 atom stereocenters. The fourth-order valence-corrected chi connectivity index (χ4v) is 2.87. The summed E-state index contributed by atoms with van der Waals surface area (Å²) in [6.45, 7) is 8.00. The predicted octanol–water partition coefficient (Wildman–Crippen LogP) is 4.23. The van der Waals surface area contributed by atoms with Crippen LogP contribution in [0.5, 0.6) is 0 Å². The van der Waals surface area contributed by atoms with Crippen LogP contribution >= 0.6 is 24.0 Å². The average Bonchev–Trinajstić information content (AvgIpc) is 2.90. The smallest absolute Gasteiger partial charge is 0.153 e. The fourth-order valence-electron chi connectivity index (χ4n) is 1.74. The number of anilines is 1. The zero-order valence-corrected chi connectivity index (χ0v) is 15.4. The van der Waals surface area contributed by atoms with Gasteiger partial charge in [-0.15, -0.1) is 11.3 Å². The standard InChI is InChI=1S/C9H11NOS.2C2H6.CH4O.CH4S/c10-9-7(5-11)6-3-1-2-4-8(6)12-9;4*1-2/h5H,1-4,10H2;2*1-2H3;2*2H,1H3. The summed E-state index contributed by atoms with van der Waals surface area (Å²) in [5.41, 5.74) is 7.70. The number of aliphatic hydroxyl groups excluding tert-OH is 1. The number of hydrogen-bond acceptors (Lipinski definition) is 5. The van der Waals surface area contributed by atoms with Crippen LogP contribution in [0.4, 0.5) is 5.00 Å². The summed E-state index contributed by atoms with van der Waals surface area (Å²) in [4.78, 5) is 12.0. The van der Waals surface area contributed by atoms with Gasteiger partial charge in [-0.25, -0.2) is 0 Å². The molecule has 0 amide bonds. The fraction of sp³-hybridized carbons (Fsp3) is 0.667. The van der Waals surface area contributed by atoms with E-state index in [-0.39, 0.29) is 0 Å². The summed E-state index contributed by atoms with van der Waals surface area (Å²) >= 11 is 5.12. The van der Waals surface area contributed by atoms with Crippen LogP contribution < -0.4 is 5.73 Å². The number of aryl methyl sites for hydroxylation is 1. The first kappa shape index (κ1) is 24.5. The molecule has 0 unspecified atom stereocenters. The first-order chi connectivity index (χ1) is 9.83. The van der Waals surface area contributed by atoms with E-state index in [1.54, 1.807) is 17.6 Å². The number of carbonyl (C=O) groups excluding carboxylic acids is 1. The molecule has 0 fully saturated rings. The molecule has 0 spiro atoms. The number of carbonyl (C=O) groups is 1. The van der Waals surface area contributed by atoms with E-state index in [0.717, 1.165) is 31.8 Å². The van der Waals surface area contributed by atoms with Crippen molar-refractivity contribution in [2.24, 2.45) is 0 Å². The highest BCUT2D eigenvalue weighted by atomic mass is 32.1. The Kier molecular flexibility index (Phi) is 22.6. The summed E-state index contributed by atoms with van der Waals surface area (Å²) in [5.74, 6) is 0. The summed E-state index contributed by atoms with van der Waals surface area (Å²) in [5, 5.41) is 7.71. The molecule has 120 valence electrons. The molecule has 0 radical (unpaired) electrons. The zero-order chi connectivity index (χ0) is 16.6. The lowest BCUT2D eigenvalue weighted by molar-refractivity contribution is 0.112. The van der Waals surface area contributed by atoms with Gasteiger partial charge in [0.2, 0.25) is 0 Å². The van der Waals surface area contributed by atoms with E-state index in [2.05, 4.69) is 12.6 Å². The first-order valence-corrected chi connectivity index (χ1v) is 8.78. The van der Waals surface area contributed by atoms with E-state index in [9.17, 15) is 4.79 Å². The Hall–Kier alpha value is -0.520. The average molecular weight is 322 g/mol. The van der Waals surface area contributed by atoms with E-state index in [1.807, 2.05) is 27.7 Å². The van der Waals surface area contributed by atoms with Crippen LogP contribution in [0.1, 0.15) is 61.3 Å². The molecule has 1 aromatic rings. The van der Waals surface area contributed by atoms with Gasteiger partial charge in [0.25, 0.3) is 0 Å². The molecule has 5 heteroatoms. The maximum atomic E-state index is 10.7. The number of nitrogens with two attached hydrogens (primary N) is 1. The number of hydrogen-bond donors (Lipinski definition) is 3. The van der Waals surface area contributed by atoms with Crippen molar-refractivity contribution in [1.82, 2.24) is 0 Å². The molecule has 0 saturated heterocycles. The van der Waals surface area contributed by atoms with Gasteiger partial charge in [-0.2, -0.15) is 12.6 Å². The van der Waals surface area contributed by atoms with Gasteiger partial charge in [0.1, 0.15) is 0 Å². The predicted molar refractivity (Wildman–Crippen MR) is 96.5 cm³/mol. The van der Waals surface area contributed by atoms with Crippen LogP contribution in [0.3, 0.4) is 0 Å². The highest BCUT2D eigenvalue weighted by Gasteiger charge is 2.18. The van der Waals surface area contributed by atoms with Gasteiger partial charge < -0.3 is 10.8 Å². The van der Waals surface area contributed by atoms with E-state index in [4.69, 9.17) is 10.8 Å². The number of fused-ring (bicyclic) bond motifs is 1. The van der Waals surface area contributed by atoms with Crippen LogP contribution in [0.15, 0.2) is 0 Å². The Bertz CT molecular complexity index is 326. The molecular weight excluding hydrogens is 290 g/mol. The second-order valence-corrected chi connectivity index (χ2v) is 4.24. The number of thiophene rings is 1. The Morgan fingerprint density at radius 2 is 1.55 bits per heavy atom. The molecule has 0 aromatic carbocycles. The van der Waals surface area contributed by atoms with Crippen LogP contribution in [0.25, 0.3) is 0 Å². The summed E-state index contributed by atoms with van der Waals surface area (Å²) < 4.78 is 0. The Balaban J connectivity index is -0.000000314. The zero-order valence-electron chi connectivity index (χ0n) is 13.7. The third-order valence-electron chi connectivity index (χ3n) is 2.36. The van der Waals surface area contributed by atoms with Crippen LogP contribution in [-0.4, -0.2) is 24.8 Å². The van der Waals surface area contributed by atoms with Gasteiger partial charge >= 0.3 is 0 Å². The molecule has 0 saturated carbocycles. The van der Waals surface area contributed by atoms with Crippen molar-refractivity contribution in [3.05, 3.63) is 16.0 Å². The van der Waals surface area contributed by atoms with Gasteiger partial charge in [-0.3, -0.25) is 4.79 Å². The van der Waals surface area contributed by atoms with Crippen molar-refractivity contribution in [3.63, 3.8) is 0 Å². The van der Waals surface area contributed by atoms with Crippen molar-refractivity contribution in [2.45, 2.75) is 53.4 Å². The van der Waals surface area contributed by atoms with Gasteiger partial charge in [0, 0.05) is 12.0 Å². The van der Waals surface area contributed by atoms with Crippen molar-refractivity contribution in [2.75, 3.05) is 19.1 Å². The van der Waals surface area contributed by atoms with E-state index >= 15 is 0 Å². The molecule has 3 N–H and O–H groups in total. The second-order valence-electron chi connectivity index (χ2n) is 3.11. The molecule has 0 aliphatic heterocycles. The number of aldehydes is 1. The number of rotatable bonds is 1. The number of aliphatic hydroxyl groups is 1. The van der Waals surface area contributed by atoms with Crippen LogP contribution in [0, 0.1) is 0 Å². The number of thiol groups is 1. The molecule has 2 rings (SSSR count). The van der Waals surface area contributed by atoms with Gasteiger partial charge in [-0.05, 0) is 37.5 Å². The van der Waals surface area contributed by atoms with Crippen LogP contribution in [0.2, 0.25) is 0 Å². The first-order valence-electron chi connectivity index (χ1n) is 7.07. The minimum atomic E-state index is 0.705. The number of nitrogen functional groups attached to an aromatic ring is 1. The summed E-state index contributed by atoms with van der Waals surface area (Å²) in [6.07, 6.45) is 7.18. The van der Waals surface area contributed by atoms with Crippen molar-refractivity contribution in [1.29, 1.82) is 0 Å². The Morgan fingerprint density at radius 3 is 2.00 bits per heavy atom. The lowest BCUT2D eigenvalue weighted by Gasteiger charge is -2.09. The molecule has 3 nitrogen and oxygen atoms in total. The quantitative estimate of drug-likeness (QED) is 0.536. The van der Waals surface area contributed by atoms with Crippen molar-refractivity contribution >= 4 is 35.3 Å². The third kappa shape index (κ3) is 7.92. The van der Waals surface area contributed by atoms with Crippen molar-refractivity contribution < 1.29 is 9.90 Å². The van der Waals surface area contributed by atoms with E-state index in [1.165, 1.54) is 23.3 Å². The highest BCUT2D eigenvalue weighted by molar-refractivity contribution is 7.79. The monoisotopic (exact) mass is 321 g/mol. The van der Waals surface area contributed by atoms with Gasteiger partial charge in [0.15, 0.2) is 6.29 Å². The maximum absolute atomic E-state index is 10.7. The topological polar surface area (TPSA) is 63.3 Å². The lowest BCUT2D eigenvalue weighted by Crippen LogP contribution is -2.00. The molecule has 1 aromatic heterocycles. The van der Waals surface area contributed by atoms with Gasteiger partial charge in [-0.1, -0.05) is 27.7 Å². The molecular formula is C15H31NO2S2. The SMILES string of the molecule is CC.CC.CO.CS.Nc1sc2c(c1C=O)CCCC2. The minimum absolute atomic E-state index is 0.705. The Morgan fingerprint density at radius 1 is 1.10 bits per heavy atom. The minimum Gasteiger partial charge on any atom is -0.400 e. The van der Waals surface area contributed by atoms with E-state index in [0.29, 0.717) is 5.00 Å². The molecule has 1 heterocycles. The van der Waals surface area contributed by atoms with Gasteiger partial charge in [0.05, 0.1) is 10.6 Å². The Labute approximate surface area is 134 Å². The molecule has 20 heavy (non-hydrogen) atoms. The molecule has 1 aliphatic rings. The second kappa shape index (κ2) is 18.5. The third-order valence-corrected chi connectivity index (χ3v) is 3.50. The highest BCUT2D eigenvalue weighted by Crippen LogP contribution is 2.34. The van der Waals surface area contributed by atoms with Crippen LogP contribution in [-0.2, 0) is 12.8 Å². The molecule has 1 aliphatic carbocycles. The normalized spacial score (nSPS) is 10.6. The maximum Gasteiger partial charge on any atom is 0.153 e. The largest absolute Gasteiger partial charge is 0.400 e. The van der Waals surface area contributed by atoms with E-state index < -0.39 is 0 Å². The molecule has 0 bridgehead atoms.